The van der Waals surface area contributed by atoms with Gasteiger partial charge in [0.15, 0.2) is 5.69 Å². The van der Waals surface area contributed by atoms with Gasteiger partial charge < -0.3 is 9.47 Å². The van der Waals surface area contributed by atoms with Crippen LogP contribution < -0.4 is 15.0 Å². The highest BCUT2D eigenvalue weighted by Crippen LogP contribution is 2.30. The molecule has 0 aliphatic rings. The van der Waals surface area contributed by atoms with Crippen molar-refractivity contribution >= 4 is 29.7 Å². The van der Waals surface area contributed by atoms with Crippen molar-refractivity contribution < 1.29 is 14.4 Å². The lowest BCUT2D eigenvalue weighted by Gasteiger charge is -2.11. The highest BCUT2D eigenvalue weighted by atomic mass is 16.6. The zero-order chi connectivity index (χ0) is 26.5. The molecule has 0 atom stereocenters. The maximum absolute atomic E-state index is 13.3. The monoisotopic (exact) mass is 498 g/mol. The van der Waals surface area contributed by atoms with Crippen LogP contribution in [-0.4, -0.2) is 34.7 Å². The van der Waals surface area contributed by atoms with Crippen LogP contribution in [-0.2, 0) is 7.05 Å². The fourth-order valence-corrected chi connectivity index (χ4v) is 3.91. The summed E-state index contributed by atoms with van der Waals surface area (Å²) < 4.78 is 14.4. The van der Waals surface area contributed by atoms with Gasteiger partial charge in [0.2, 0.25) is 0 Å². The van der Waals surface area contributed by atoms with Gasteiger partial charge in [0, 0.05) is 37.0 Å². The second-order valence-electron chi connectivity index (χ2n) is 8.18. The molecule has 0 spiro atoms. The highest BCUT2D eigenvalue weighted by molar-refractivity contribution is 5.93. The Morgan fingerprint density at radius 2 is 1.68 bits per heavy atom. The molecular formula is C28H26N4O5. The van der Waals surface area contributed by atoms with Crippen LogP contribution in [0.25, 0.3) is 17.8 Å². The minimum atomic E-state index is -0.438. The molecule has 0 N–H and O–H groups in total. The molecule has 0 radical (unpaired) electrons. The number of aliphatic imine (C=N–C) groups is 1. The van der Waals surface area contributed by atoms with Crippen molar-refractivity contribution in [3.05, 3.63) is 110 Å². The second kappa shape index (κ2) is 10.8. The molecule has 0 aliphatic carbocycles. The summed E-state index contributed by atoms with van der Waals surface area (Å²) in [6.45, 7) is 1.84. The number of nitrogens with zero attached hydrogens (tertiary/aromatic N) is 4. The average molecular weight is 499 g/mol. The molecule has 9 nitrogen and oxygen atoms in total. The SMILES string of the molecule is COc1cc(/C=C/c2ccc([N+](=O)[O-])cc2)c(C=Nc2c(C)n(C)n(-c3ccccc3)c2=O)c(OC)c1. The second-order valence-corrected chi connectivity index (χ2v) is 8.18. The number of para-hydroxylation sites is 1. The molecule has 0 fully saturated rings. The number of aromatic nitrogens is 2. The standard InChI is InChI=1S/C28H26N4O5/c1-19-27(28(33)31(30(19)2)22-8-6-5-7-9-22)29-18-25-21(16-24(36-3)17-26(25)37-4)13-10-20-11-14-23(15-12-20)32(34)35/h5-18H,1-4H3/b13-10+,29-18?. The molecule has 188 valence electrons. The number of nitro benzene ring substituents is 1. The predicted octanol–water partition coefficient (Wildman–Crippen LogP) is 5.33. The fourth-order valence-electron chi connectivity index (χ4n) is 3.91. The van der Waals surface area contributed by atoms with E-state index < -0.39 is 4.92 Å². The largest absolute Gasteiger partial charge is 0.497 e. The summed E-state index contributed by atoms with van der Waals surface area (Å²) in [5.41, 5.74) is 3.71. The van der Waals surface area contributed by atoms with E-state index in [4.69, 9.17) is 9.47 Å². The number of nitro groups is 1. The maximum Gasteiger partial charge on any atom is 0.297 e. The summed E-state index contributed by atoms with van der Waals surface area (Å²) >= 11 is 0. The molecule has 1 aromatic heterocycles. The zero-order valence-corrected chi connectivity index (χ0v) is 20.9. The smallest absolute Gasteiger partial charge is 0.297 e. The van der Waals surface area contributed by atoms with E-state index in [1.165, 1.54) is 12.1 Å². The Balaban J connectivity index is 1.77. The minimum Gasteiger partial charge on any atom is -0.497 e. The normalized spacial score (nSPS) is 11.4. The van der Waals surface area contributed by atoms with Crippen LogP contribution in [0.5, 0.6) is 11.5 Å². The molecule has 0 aliphatic heterocycles. The third-order valence-corrected chi connectivity index (χ3v) is 6.01. The van der Waals surface area contributed by atoms with Gasteiger partial charge in [-0.3, -0.25) is 19.6 Å². The van der Waals surface area contributed by atoms with E-state index in [1.807, 2.05) is 62.5 Å². The molecule has 0 saturated carbocycles. The Labute approximate surface area is 213 Å². The van der Waals surface area contributed by atoms with Gasteiger partial charge in [-0.05, 0) is 48.4 Å². The number of hydrogen-bond donors (Lipinski definition) is 0. The molecule has 0 saturated heterocycles. The van der Waals surface area contributed by atoms with Crippen molar-refractivity contribution in [2.24, 2.45) is 12.0 Å². The topological polar surface area (TPSA) is 101 Å². The van der Waals surface area contributed by atoms with Gasteiger partial charge in [-0.2, -0.15) is 0 Å². The molecule has 4 aromatic rings. The van der Waals surface area contributed by atoms with Crippen LogP contribution in [0.2, 0.25) is 0 Å². The lowest BCUT2D eigenvalue weighted by Crippen LogP contribution is -2.19. The molecule has 3 aromatic carbocycles. The van der Waals surface area contributed by atoms with Crippen molar-refractivity contribution in [1.29, 1.82) is 0 Å². The Morgan fingerprint density at radius 1 is 0.973 bits per heavy atom. The van der Waals surface area contributed by atoms with E-state index in [0.717, 1.165) is 16.8 Å². The van der Waals surface area contributed by atoms with Crippen LogP contribution in [0.1, 0.15) is 22.4 Å². The van der Waals surface area contributed by atoms with E-state index in [9.17, 15) is 14.9 Å². The molecule has 9 heteroatoms. The first-order valence-corrected chi connectivity index (χ1v) is 11.4. The molecule has 4 rings (SSSR count). The molecule has 1 heterocycles. The highest BCUT2D eigenvalue weighted by Gasteiger charge is 2.16. The van der Waals surface area contributed by atoms with Crippen molar-refractivity contribution in [2.75, 3.05) is 14.2 Å². The summed E-state index contributed by atoms with van der Waals surface area (Å²) in [5, 5.41) is 10.9. The molecule has 0 amide bonds. The third-order valence-electron chi connectivity index (χ3n) is 6.01. The van der Waals surface area contributed by atoms with Crippen LogP contribution >= 0.6 is 0 Å². The van der Waals surface area contributed by atoms with Gasteiger partial charge >= 0.3 is 0 Å². The summed E-state index contributed by atoms with van der Waals surface area (Å²) in [7, 11) is 4.92. The van der Waals surface area contributed by atoms with Gasteiger partial charge in [-0.1, -0.05) is 30.4 Å². The minimum absolute atomic E-state index is 0.0208. The van der Waals surface area contributed by atoms with Gasteiger partial charge in [-0.15, -0.1) is 0 Å². The lowest BCUT2D eigenvalue weighted by molar-refractivity contribution is -0.384. The van der Waals surface area contributed by atoms with Crippen molar-refractivity contribution in [3.8, 4) is 17.2 Å². The number of methoxy groups -OCH3 is 2. The number of hydrogen-bond acceptors (Lipinski definition) is 6. The van der Waals surface area contributed by atoms with E-state index >= 15 is 0 Å². The first-order valence-electron chi connectivity index (χ1n) is 11.4. The van der Waals surface area contributed by atoms with Gasteiger partial charge in [0.05, 0.1) is 30.5 Å². The summed E-state index contributed by atoms with van der Waals surface area (Å²) in [6, 6.07) is 19.2. The van der Waals surface area contributed by atoms with Gasteiger partial charge in [0.1, 0.15) is 11.5 Å². The molecule has 0 bridgehead atoms. The lowest BCUT2D eigenvalue weighted by atomic mass is 10.0. The van der Waals surface area contributed by atoms with Crippen LogP contribution in [0.4, 0.5) is 11.4 Å². The summed E-state index contributed by atoms with van der Waals surface area (Å²) in [5.74, 6) is 1.10. The summed E-state index contributed by atoms with van der Waals surface area (Å²) in [6.07, 6.45) is 5.27. The van der Waals surface area contributed by atoms with Crippen LogP contribution in [0.3, 0.4) is 0 Å². The van der Waals surface area contributed by atoms with E-state index in [0.29, 0.717) is 28.4 Å². The quantitative estimate of drug-likeness (QED) is 0.141. The number of rotatable bonds is 8. The third kappa shape index (κ3) is 5.20. The van der Waals surface area contributed by atoms with Gasteiger partial charge in [0.25, 0.3) is 11.2 Å². The Morgan fingerprint density at radius 3 is 2.30 bits per heavy atom. The molecule has 0 unspecified atom stereocenters. The van der Waals surface area contributed by atoms with Crippen molar-refractivity contribution in [3.63, 3.8) is 0 Å². The maximum atomic E-state index is 13.3. The van der Waals surface area contributed by atoms with E-state index in [-0.39, 0.29) is 11.2 Å². The van der Waals surface area contributed by atoms with Crippen molar-refractivity contribution in [1.82, 2.24) is 9.36 Å². The van der Waals surface area contributed by atoms with Crippen molar-refractivity contribution in [2.45, 2.75) is 6.92 Å². The predicted molar refractivity (Wildman–Crippen MR) is 145 cm³/mol. The van der Waals surface area contributed by atoms with Crippen LogP contribution in [0, 0.1) is 17.0 Å². The average Bonchev–Trinajstić information content (AvgIpc) is 3.13. The zero-order valence-electron chi connectivity index (χ0n) is 20.9. The Kier molecular flexibility index (Phi) is 7.34. The summed E-state index contributed by atoms with van der Waals surface area (Å²) in [4.78, 5) is 28.4. The van der Waals surface area contributed by atoms with Gasteiger partial charge in [-0.25, -0.2) is 9.67 Å². The number of non-ortho nitro benzene ring substituents is 1. The first kappa shape index (κ1) is 25.2. The Bertz CT molecular complexity index is 1550. The van der Waals surface area contributed by atoms with E-state index in [1.54, 1.807) is 48.0 Å². The number of benzene rings is 3. The molecule has 37 heavy (non-hydrogen) atoms. The number of ether oxygens (including phenoxy) is 2. The first-order chi connectivity index (χ1) is 17.8. The fraction of sp³-hybridized carbons (Fsp3) is 0.143. The van der Waals surface area contributed by atoms with E-state index in [2.05, 4.69) is 4.99 Å². The van der Waals surface area contributed by atoms with Crippen LogP contribution in [0.15, 0.2) is 76.5 Å². The molecular weight excluding hydrogens is 472 g/mol. The Hall–Kier alpha value is -4.92.